The van der Waals surface area contributed by atoms with Gasteiger partial charge in [0.15, 0.2) is 0 Å². The standard InChI is InChI=1S/C9H10N2O2/c10-8-4-7(5-11-6-8)2-1-3-9(12)13/h1-2,4-6H,3,10H2,(H,12,13). The maximum atomic E-state index is 10.2. The van der Waals surface area contributed by atoms with Crippen molar-refractivity contribution in [1.29, 1.82) is 0 Å². The highest BCUT2D eigenvalue weighted by Gasteiger charge is 1.91. The van der Waals surface area contributed by atoms with Gasteiger partial charge in [-0.1, -0.05) is 12.2 Å². The Labute approximate surface area is 75.7 Å². The van der Waals surface area contributed by atoms with Crippen LogP contribution in [0, 0.1) is 0 Å². The second-order valence-electron chi connectivity index (χ2n) is 2.55. The Morgan fingerprint density at radius 1 is 1.62 bits per heavy atom. The van der Waals surface area contributed by atoms with Gasteiger partial charge < -0.3 is 10.8 Å². The molecule has 4 nitrogen and oxygen atoms in total. The van der Waals surface area contributed by atoms with E-state index in [-0.39, 0.29) is 6.42 Å². The summed E-state index contributed by atoms with van der Waals surface area (Å²) in [5, 5.41) is 8.35. The minimum absolute atomic E-state index is 0.00873. The van der Waals surface area contributed by atoms with Crippen LogP contribution >= 0.6 is 0 Å². The Balaban J connectivity index is 2.63. The number of rotatable bonds is 3. The molecule has 0 amide bonds. The average molecular weight is 178 g/mol. The molecule has 0 bridgehead atoms. The summed E-state index contributed by atoms with van der Waals surface area (Å²) >= 11 is 0. The largest absolute Gasteiger partial charge is 0.481 e. The van der Waals surface area contributed by atoms with Crippen molar-refractivity contribution < 1.29 is 9.90 Å². The van der Waals surface area contributed by atoms with Gasteiger partial charge in [-0.05, 0) is 11.6 Å². The van der Waals surface area contributed by atoms with Gasteiger partial charge in [0.1, 0.15) is 0 Å². The third-order valence-corrected chi connectivity index (χ3v) is 1.38. The molecule has 1 aromatic rings. The zero-order valence-electron chi connectivity index (χ0n) is 6.97. The molecule has 0 atom stereocenters. The zero-order chi connectivity index (χ0) is 9.68. The number of carboxylic acid groups (broad SMARTS) is 1. The molecule has 0 aromatic carbocycles. The molecule has 0 aliphatic carbocycles. The second kappa shape index (κ2) is 4.25. The first-order chi connectivity index (χ1) is 6.18. The SMILES string of the molecule is Nc1cncc(C=CCC(=O)O)c1. The van der Waals surface area contributed by atoms with Crippen molar-refractivity contribution in [3.63, 3.8) is 0 Å². The van der Waals surface area contributed by atoms with E-state index in [9.17, 15) is 4.79 Å². The Bertz CT molecular complexity index is 334. The Morgan fingerprint density at radius 3 is 3.00 bits per heavy atom. The van der Waals surface area contributed by atoms with E-state index in [0.29, 0.717) is 5.69 Å². The highest BCUT2D eigenvalue weighted by atomic mass is 16.4. The summed E-state index contributed by atoms with van der Waals surface area (Å²) in [5.41, 5.74) is 6.85. The predicted octanol–water partition coefficient (Wildman–Crippen LogP) is 1.15. The van der Waals surface area contributed by atoms with Crippen LogP contribution in [-0.2, 0) is 4.79 Å². The maximum absolute atomic E-state index is 10.2. The Kier molecular flexibility index (Phi) is 3.03. The molecule has 3 N–H and O–H groups in total. The normalized spacial score (nSPS) is 10.5. The van der Waals surface area contributed by atoms with Crippen LogP contribution in [0.25, 0.3) is 6.08 Å². The van der Waals surface area contributed by atoms with Crippen LogP contribution in [0.2, 0.25) is 0 Å². The number of nitrogen functional groups attached to an aromatic ring is 1. The summed E-state index contributed by atoms with van der Waals surface area (Å²) < 4.78 is 0. The van der Waals surface area contributed by atoms with Gasteiger partial charge in [-0.15, -0.1) is 0 Å². The quantitative estimate of drug-likeness (QED) is 0.727. The molecule has 0 spiro atoms. The first-order valence-electron chi connectivity index (χ1n) is 3.77. The van der Waals surface area contributed by atoms with Gasteiger partial charge >= 0.3 is 5.97 Å². The summed E-state index contributed by atoms with van der Waals surface area (Å²) in [4.78, 5) is 14.0. The summed E-state index contributed by atoms with van der Waals surface area (Å²) in [6, 6.07) is 1.73. The van der Waals surface area contributed by atoms with Crippen molar-refractivity contribution in [3.05, 3.63) is 30.1 Å². The molecule has 0 saturated carbocycles. The number of nitrogens with two attached hydrogens (primary N) is 1. The molecule has 68 valence electrons. The van der Waals surface area contributed by atoms with Crippen molar-refractivity contribution in [3.8, 4) is 0 Å². The molecule has 0 unspecified atom stereocenters. The third-order valence-electron chi connectivity index (χ3n) is 1.38. The summed E-state index contributed by atoms with van der Waals surface area (Å²) in [5.74, 6) is -0.854. The van der Waals surface area contributed by atoms with Gasteiger partial charge in [0.25, 0.3) is 0 Å². The molecular weight excluding hydrogens is 168 g/mol. The van der Waals surface area contributed by atoms with E-state index in [1.54, 1.807) is 24.4 Å². The van der Waals surface area contributed by atoms with Crippen LogP contribution in [0.3, 0.4) is 0 Å². The van der Waals surface area contributed by atoms with Gasteiger partial charge in [-0.2, -0.15) is 0 Å². The van der Waals surface area contributed by atoms with Gasteiger partial charge in [0, 0.05) is 12.4 Å². The van der Waals surface area contributed by atoms with Gasteiger partial charge in [0.05, 0.1) is 12.1 Å². The fourth-order valence-corrected chi connectivity index (χ4v) is 0.863. The molecule has 0 saturated heterocycles. The van der Waals surface area contributed by atoms with Gasteiger partial charge in [-0.3, -0.25) is 9.78 Å². The van der Waals surface area contributed by atoms with Crippen molar-refractivity contribution in [2.75, 3.05) is 5.73 Å². The number of aromatic nitrogens is 1. The average Bonchev–Trinajstić information content (AvgIpc) is 2.03. The van der Waals surface area contributed by atoms with E-state index in [1.165, 1.54) is 6.20 Å². The lowest BCUT2D eigenvalue weighted by molar-refractivity contribution is -0.135. The highest BCUT2D eigenvalue weighted by Crippen LogP contribution is 2.05. The summed E-state index contributed by atoms with van der Waals surface area (Å²) in [6.45, 7) is 0. The number of anilines is 1. The van der Waals surface area contributed by atoms with Crippen LogP contribution in [0.1, 0.15) is 12.0 Å². The second-order valence-corrected chi connectivity index (χ2v) is 2.55. The van der Waals surface area contributed by atoms with Gasteiger partial charge in [-0.25, -0.2) is 0 Å². The third kappa shape index (κ3) is 3.37. The van der Waals surface area contributed by atoms with E-state index in [0.717, 1.165) is 5.56 Å². The Hall–Kier alpha value is -1.84. The lowest BCUT2D eigenvalue weighted by atomic mass is 10.2. The zero-order valence-corrected chi connectivity index (χ0v) is 6.97. The van der Waals surface area contributed by atoms with Crippen molar-refractivity contribution in [2.24, 2.45) is 0 Å². The van der Waals surface area contributed by atoms with Crippen LogP contribution in [0.15, 0.2) is 24.5 Å². The minimum atomic E-state index is -0.854. The minimum Gasteiger partial charge on any atom is -0.481 e. The Morgan fingerprint density at radius 2 is 2.38 bits per heavy atom. The number of hydrogen-bond donors (Lipinski definition) is 2. The summed E-state index contributed by atoms with van der Waals surface area (Å²) in [6.07, 6.45) is 6.40. The molecule has 0 fully saturated rings. The molecular formula is C9H10N2O2. The first-order valence-corrected chi connectivity index (χ1v) is 3.77. The van der Waals surface area contributed by atoms with Crippen LogP contribution < -0.4 is 5.73 Å². The number of carbonyl (C=O) groups is 1. The lowest BCUT2D eigenvalue weighted by Crippen LogP contribution is -1.90. The lowest BCUT2D eigenvalue weighted by Gasteiger charge is -1.93. The van der Waals surface area contributed by atoms with E-state index in [2.05, 4.69) is 4.98 Å². The van der Waals surface area contributed by atoms with E-state index >= 15 is 0 Å². The topological polar surface area (TPSA) is 76.2 Å². The smallest absolute Gasteiger partial charge is 0.307 e. The molecule has 0 radical (unpaired) electrons. The molecule has 0 aliphatic heterocycles. The molecule has 4 heteroatoms. The molecule has 1 heterocycles. The summed E-state index contributed by atoms with van der Waals surface area (Å²) in [7, 11) is 0. The van der Waals surface area contributed by atoms with E-state index in [1.807, 2.05) is 0 Å². The maximum Gasteiger partial charge on any atom is 0.307 e. The molecule has 13 heavy (non-hydrogen) atoms. The monoisotopic (exact) mass is 178 g/mol. The molecule has 1 rings (SSSR count). The van der Waals surface area contributed by atoms with Crippen LogP contribution in [-0.4, -0.2) is 16.1 Å². The molecule has 1 aromatic heterocycles. The van der Waals surface area contributed by atoms with Gasteiger partial charge in [0.2, 0.25) is 0 Å². The fourth-order valence-electron chi connectivity index (χ4n) is 0.863. The highest BCUT2D eigenvalue weighted by molar-refractivity contribution is 5.70. The van der Waals surface area contributed by atoms with Crippen molar-refractivity contribution in [2.45, 2.75) is 6.42 Å². The van der Waals surface area contributed by atoms with Crippen LogP contribution in [0.5, 0.6) is 0 Å². The van der Waals surface area contributed by atoms with Crippen molar-refractivity contribution in [1.82, 2.24) is 4.98 Å². The van der Waals surface area contributed by atoms with E-state index < -0.39 is 5.97 Å². The number of aliphatic carboxylic acids is 1. The van der Waals surface area contributed by atoms with Crippen LogP contribution in [0.4, 0.5) is 5.69 Å². The van der Waals surface area contributed by atoms with Crippen molar-refractivity contribution >= 4 is 17.7 Å². The number of pyridine rings is 1. The van der Waals surface area contributed by atoms with E-state index in [4.69, 9.17) is 10.8 Å². The number of carboxylic acids is 1. The number of nitrogens with zero attached hydrogens (tertiary/aromatic N) is 1. The number of hydrogen-bond acceptors (Lipinski definition) is 3. The predicted molar refractivity (Wildman–Crippen MR) is 49.9 cm³/mol. The fraction of sp³-hybridized carbons (Fsp3) is 0.111. The first kappa shape index (κ1) is 9.25. The molecule has 0 aliphatic rings.